The number of carbonyl (C=O) groups is 1. The average Bonchev–Trinajstić information content (AvgIpc) is 2.98. The summed E-state index contributed by atoms with van der Waals surface area (Å²) < 4.78 is 0. The van der Waals surface area contributed by atoms with E-state index in [4.69, 9.17) is 0 Å². The van der Waals surface area contributed by atoms with E-state index in [9.17, 15) is 4.79 Å². The number of thiazole rings is 1. The molecule has 21 heavy (non-hydrogen) atoms. The molecule has 0 unspecified atom stereocenters. The van der Waals surface area contributed by atoms with Gasteiger partial charge in [-0.15, -0.1) is 11.3 Å². The van der Waals surface area contributed by atoms with E-state index in [1.165, 1.54) is 5.56 Å². The molecule has 4 heteroatoms. The predicted octanol–water partition coefficient (Wildman–Crippen LogP) is 3.25. The van der Waals surface area contributed by atoms with Crippen molar-refractivity contribution < 1.29 is 4.79 Å². The maximum absolute atomic E-state index is 12.5. The third-order valence-electron chi connectivity index (χ3n) is 3.27. The van der Waals surface area contributed by atoms with Crippen molar-refractivity contribution in [3.05, 3.63) is 52.5 Å². The first-order valence-electron chi connectivity index (χ1n) is 7.36. The zero-order valence-electron chi connectivity index (χ0n) is 12.6. The Hall–Kier alpha value is -1.52. The molecular weight excluding hydrogens is 280 g/mol. The topological polar surface area (TPSA) is 42.0 Å². The molecule has 2 rings (SSSR count). The highest BCUT2D eigenvalue weighted by Gasteiger charge is 2.19. The standard InChI is InChI=1S/C17H22N2OS/c1-13(2)19-15(12-14-6-4-3-5-7-14)16(20)8-9-17-18-10-11-21-17/h3-7,10-11,13,15,19H,8-9,12H2,1-2H3/t15-/m0/s1. The first-order valence-corrected chi connectivity index (χ1v) is 8.24. The SMILES string of the molecule is CC(C)N[C@@H](Cc1ccccc1)C(=O)CCc1nccs1. The van der Waals surface area contributed by atoms with Crippen LogP contribution in [-0.2, 0) is 17.6 Å². The Morgan fingerprint density at radius 3 is 2.67 bits per heavy atom. The van der Waals surface area contributed by atoms with Crippen LogP contribution in [0, 0.1) is 0 Å². The minimum Gasteiger partial charge on any atom is -0.305 e. The number of Topliss-reactive ketones (excluding diaryl/α,β-unsaturated/α-hetero) is 1. The maximum Gasteiger partial charge on any atom is 0.150 e. The van der Waals surface area contributed by atoms with Crippen molar-refractivity contribution in [2.45, 2.75) is 45.2 Å². The highest BCUT2D eigenvalue weighted by Crippen LogP contribution is 2.11. The van der Waals surface area contributed by atoms with Gasteiger partial charge in [0.15, 0.2) is 5.78 Å². The fourth-order valence-electron chi connectivity index (χ4n) is 2.30. The molecule has 1 N–H and O–H groups in total. The summed E-state index contributed by atoms with van der Waals surface area (Å²) in [4.78, 5) is 16.7. The second-order valence-corrected chi connectivity index (χ2v) is 6.43. The zero-order chi connectivity index (χ0) is 15.1. The van der Waals surface area contributed by atoms with E-state index in [-0.39, 0.29) is 11.8 Å². The number of hydrogen-bond donors (Lipinski definition) is 1. The van der Waals surface area contributed by atoms with Crippen LogP contribution in [0.5, 0.6) is 0 Å². The molecule has 1 atom stereocenters. The second kappa shape index (κ2) is 8.05. The lowest BCUT2D eigenvalue weighted by molar-refractivity contribution is -0.121. The van der Waals surface area contributed by atoms with Gasteiger partial charge in [0.1, 0.15) is 0 Å². The Morgan fingerprint density at radius 1 is 1.29 bits per heavy atom. The van der Waals surface area contributed by atoms with Crippen LogP contribution in [0.3, 0.4) is 0 Å². The smallest absolute Gasteiger partial charge is 0.150 e. The van der Waals surface area contributed by atoms with Crippen molar-refractivity contribution in [3.63, 3.8) is 0 Å². The second-order valence-electron chi connectivity index (χ2n) is 5.46. The number of aromatic nitrogens is 1. The largest absolute Gasteiger partial charge is 0.305 e. The summed E-state index contributed by atoms with van der Waals surface area (Å²) in [6, 6.07) is 10.4. The molecule has 0 aliphatic rings. The average molecular weight is 302 g/mol. The molecule has 0 aliphatic carbocycles. The fourth-order valence-corrected chi connectivity index (χ4v) is 2.92. The number of rotatable bonds is 8. The van der Waals surface area contributed by atoms with Crippen LogP contribution in [0.1, 0.15) is 30.8 Å². The lowest BCUT2D eigenvalue weighted by atomic mass is 9.99. The molecule has 0 spiro atoms. The molecule has 0 saturated heterocycles. The fraction of sp³-hybridized carbons (Fsp3) is 0.412. The van der Waals surface area contributed by atoms with Gasteiger partial charge in [-0.05, 0) is 12.0 Å². The van der Waals surface area contributed by atoms with Crippen molar-refractivity contribution >= 4 is 17.1 Å². The molecular formula is C17H22N2OS. The van der Waals surface area contributed by atoms with Gasteiger partial charge in [-0.3, -0.25) is 4.79 Å². The van der Waals surface area contributed by atoms with Gasteiger partial charge >= 0.3 is 0 Å². The minimum atomic E-state index is -0.118. The summed E-state index contributed by atoms with van der Waals surface area (Å²) in [5.74, 6) is 0.266. The lowest BCUT2D eigenvalue weighted by Gasteiger charge is -2.20. The molecule has 3 nitrogen and oxygen atoms in total. The van der Waals surface area contributed by atoms with E-state index >= 15 is 0 Å². The highest BCUT2D eigenvalue weighted by molar-refractivity contribution is 7.09. The molecule has 0 bridgehead atoms. The van der Waals surface area contributed by atoms with Crippen molar-refractivity contribution in [2.75, 3.05) is 0 Å². The molecule has 0 fully saturated rings. The van der Waals surface area contributed by atoms with Crippen molar-refractivity contribution in [3.8, 4) is 0 Å². The Labute approximate surface area is 130 Å². The van der Waals surface area contributed by atoms with Crippen LogP contribution in [0.15, 0.2) is 41.9 Å². The molecule has 0 amide bonds. The quantitative estimate of drug-likeness (QED) is 0.814. The maximum atomic E-state index is 12.5. The Bertz CT molecular complexity index is 537. The third kappa shape index (κ3) is 5.40. The van der Waals surface area contributed by atoms with Crippen LogP contribution in [0.25, 0.3) is 0 Å². The van der Waals surface area contributed by atoms with Gasteiger partial charge in [0, 0.05) is 30.5 Å². The first kappa shape index (κ1) is 15.9. The van der Waals surface area contributed by atoms with Gasteiger partial charge in [0.05, 0.1) is 11.0 Å². The first-order chi connectivity index (χ1) is 10.1. The van der Waals surface area contributed by atoms with E-state index in [1.54, 1.807) is 17.5 Å². The molecule has 1 aromatic carbocycles. The van der Waals surface area contributed by atoms with Gasteiger partial charge in [-0.25, -0.2) is 4.98 Å². The summed E-state index contributed by atoms with van der Waals surface area (Å²) in [5.41, 5.74) is 1.19. The summed E-state index contributed by atoms with van der Waals surface area (Å²) in [5, 5.41) is 6.38. The molecule has 1 aromatic heterocycles. The third-order valence-corrected chi connectivity index (χ3v) is 4.11. The van der Waals surface area contributed by atoms with Gasteiger partial charge in [0.25, 0.3) is 0 Å². The Balaban J connectivity index is 1.95. The summed E-state index contributed by atoms with van der Waals surface area (Å²) in [6.45, 7) is 4.15. The minimum absolute atomic E-state index is 0.118. The Morgan fingerprint density at radius 2 is 2.05 bits per heavy atom. The number of aryl methyl sites for hydroxylation is 1. The van der Waals surface area contributed by atoms with E-state index < -0.39 is 0 Å². The van der Waals surface area contributed by atoms with Crippen molar-refractivity contribution in [1.82, 2.24) is 10.3 Å². The van der Waals surface area contributed by atoms with E-state index in [2.05, 4.69) is 36.3 Å². The van der Waals surface area contributed by atoms with Crippen molar-refractivity contribution in [2.24, 2.45) is 0 Å². The molecule has 0 radical (unpaired) electrons. The molecule has 1 heterocycles. The predicted molar refractivity (Wildman–Crippen MR) is 87.6 cm³/mol. The van der Waals surface area contributed by atoms with Crippen molar-refractivity contribution in [1.29, 1.82) is 0 Å². The van der Waals surface area contributed by atoms with Crippen LogP contribution in [0.2, 0.25) is 0 Å². The molecule has 2 aromatic rings. The van der Waals surface area contributed by atoms with Crippen LogP contribution >= 0.6 is 11.3 Å². The molecule has 0 aliphatic heterocycles. The summed E-state index contributed by atoms with van der Waals surface area (Å²) in [7, 11) is 0. The van der Waals surface area contributed by atoms with E-state index in [1.807, 2.05) is 23.6 Å². The number of nitrogens with zero attached hydrogens (tertiary/aromatic N) is 1. The van der Waals surface area contributed by atoms with Crippen LogP contribution < -0.4 is 5.32 Å². The van der Waals surface area contributed by atoms with Gasteiger partial charge in [0.2, 0.25) is 0 Å². The van der Waals surface area contributed by atoms with Gasteiger partial charge in [-0.1, -0.05) is 44.2 Å². The van der Waals surface area contributed by atoms with E-state index in [0.717, 1.165) is 17.8 Å². The number of ketones is 1. The van der Waals surface area contributed by atoms with Gasteiger partial charge < -0.3 is 5.32 Å². The number of carbonyl (C=O) groups excluding carboxylic acids is 1. The number of nitrogens with one attached hydrogen (secondary N) is 1. The monoisotopic (exact) mass is 302 g/mol. The van der Waals surface area contributed by atoms with E-state index in [0.29, 0.717) is 12.5 Å². The normalized spacial score (nSPS) is 12.5. The molecule has 112 valence electrons. The summed E-state index contributed by atoms with van der Waals surface area (Å²) >= 11 is 1.61. The number of hydrogen-bond acceptors (Lipinski definition) is 4. The lowest BCUT2D eigenvalue weighted by Crippen LogP contribution is -2.42. The Kier molecular flexibility index (Phi) is 6.08. The highest BCUT2D eigenvalue weighted by atomic mass is 32.1. The zero-order valence-corrected chi connectivity index (χ0v) is 13.4. The van der Waals surface area contributed by atoms with Crippen LogP contribution in [0.4, 0.5) is 0 Å². The van der Waals surface area contributed by atoms with Crippen LogP contribution in [-0.4, -0.2) is 22.9 Å². The summed E-state index contributed by atoms with van der Waals surface area (Å²) in [6.07, 6.45) is 3.82. The number of benzene rings is 1. The molecule has 0 saturated carbocycles. The van der Waals surface area contributed by atoms with Gasteiger partial charge in [-0.2, -0.15) is 0 Å².